The minimum atomic E-state index is -0.137. The molecule has 0 fully saturated rings. The maximum Gasteiger partial charge on any atom is 0.169 e. The van der Waals surface area contributed by atoms with Gasteiger partial charge in [0.15, 0.2) is 5.78 Å². The fourth-order valence-corrected chi connectivity index (χ4v) is 2.83. The molecule has 2 heterocycles. The second kappa shape index (κ2) is 5.25. The summed E-state index contributed by atoms with van der Waals surface area (Å²) in [6, 6.07) is 10.0. The second-order valence-electron chi connectivity index (χ2n) is 5.26. The van der Waals surface area contributed by atoms with Crippen LogP contribution in [0.5, 0.6) is 0 Å². The van der Waals surface area contributed by atoms with Gasteiger partial charge in [0.1, 0.15) is 11.5 Å². The van der Waals surface area contributed by atoms with Gasteiger partial charge in [-0.15, -0.1) is 0 Å². The first-order valence-electron chi connectivity index (χ1n) is 6.95. The summed E-state index contributed by atoms with van der Waals surface area (Å²) in [5.74, 6) is 1.55. The summed E-state index contributed by atoms with van der Waals surface area (Å²) in [5, 5.41) is 0. The molecular formula is C17H18O3. The second-order valence-corrected chi connectivity index (χ2v) is 5.26. The number of ether oxygens (including phenoxy) is 1. The van der Waals surface area contributed by atoms with Crippen molar-refractivity contribution >= 4 is 5.78 Å². The number of hydrogen-bond acceptors (Lipinski definition) is 3. The van der Waals surface area contributed by atoms with Gasteiger partial charge in [0.25, 0.3) is 0 Å². The summed E-state index contributed by atoms with van der Waals surface area (Å²) in [7, 11) is 0. The highest BCUT2D eigenvalue weighted by atomic mass is 16.5. The minimum Gasteiger partial charge on any atom is -0.466 e. The van der Waals surface area contributed by atoms with Crippen molar-refractivity contribution in [3.63, 3.8) is 0 Å². The van der Waals surface area contributed by atoms with E-state index >= 15 is 0 Å². The Labute approximate surface area is 118 Å². The van der Waals surface area contributed by atoms with Crippen LogP contribution in [0.3, 0.4) is 0 Å². The molecule has 20 heavy (non-hydrogen) atoms. The molecule has 1 atom stereocenters. The number of hydrogen-bond donors (Lipinski definition) is 0. The van der Waals surface area contributed by atoms with Crippen molar-refractivity contribution in [1.82, 2.24) is 0 Å². The minimum absolute atomic E-state index is 0.0843. The molecule has 2 aromatic rings. The van der Waals surface area contributed by atoms with Crippen LogP contribution in [0, 0.1) is 13.8 Å². The maximum absolute atomic E-state index is 12.4. The topological polar surface area (TPSA) is 39.4 Å². The van der Waals surface area contributed by atoms with Crippen LogP contribution in [0.15, 0.2) is 34.7 Å². The van der Waals surface area contributed by atoms with Crippen LogP contribution in [0.25, 0.3) is 0 Å². The Bertz CT molecular complexity index is 639. The predicted octanol–water partition coefficient (Wildman–Crippen LogP) is 3.78. The fraction of sp³-hybridized carbons (Fsp3) is 0.353. The molecule has 3 heteroatoms. The number of aryl methyl sites for hydroxylation is 2. The molecular weight excluding hydrogens is 252 g/mol. The van der Waals surface area contributed by atoms with Crippen LogP contribution in [0.4, 0.5) is 0 Å². The number of Topliss-reactive ketones (excluding diaryl/α,β-unsaturated/α-hetero) is 1. The van der Waals surface area contributed by atoms with Crippen LogP contribution >= 0.6 is 0 Å². The van der Waals surface area contributed by atoms with Gasteiger partial charge >= 0.3 is 0 Å². The number of ketones is 1. The molecule has 1 aliphatic rings. The number of rotatable bonds is 3. The van der Waals surface area contributed by atoms with Crippen molar-refractivity contribution < 1.29 is 13.9 Å². The van der Waals surface area contributed by atoms with Crippen LogP contribution in [0.1, 0.15) is 45.5 Å². The van der Waals surface area contributed by atoms with E-state index in [1.54, 1.807) is 0 Å². The Kier molecular flexibility index (Phi) is 3.45. The van der Waals surface area contributed by atoms with E-state index in [0.29, 0.717) is 24.4 Å². The van der Waals surface area contributed by atoms with Gasteiger partial charge in [-0.25, -0.2) is 0 Å². The molecule has 104 valence electrons. The van der Waals surface area contributed by atoms with E-state index in [0.717, 1.165) is 17.7 Å². The van der Waals surface area contributed by atoms with Gasteiger partial charge in [0, 0.05) is 6.42 Å². The van der Waals surface area contributed by atoms with Crippen molar-refractivity contribution in [3.8, 4) is 0 Å². The highest BCUT2D eigenvalue weighted by molar-refractivity contribution is 5.97. The van der Waals surface area contributed by atoms with Crippen LogP contribution in [0.2, 0.25) is 0 Å². The molecule has 1 aliphatic heterocycles. The summed E-state index contributed by atoms with van der Waals surface area (Å²) in [6.07, 6.45) is 1.16. The summed E-state index contributed by atoms with van der Waals surface area (Å²) < 4.78 is 11.2. The molecule has 0 saturated heterocycles. The zero-order valence-corrected chi connectivity index (χ0v) is 11.8. The Balaban J connectivity index is 1.82. The molecule has 0 amide bonds. The molecule has 3 rings (SSSR count). The fourth-order valence-electron chi connectivity index (χ4n) is 2.83. The maximum atomic E-state index is 12.4. The third-order valence-corrected chi connectivity index (χ3v) is 3.80. The molecule has 0 bridgehead atoms. The summed E-state index contributed by atoms with van der Waals surface area (Å²) in [4.78, 5) is 12.4. The van der Waals surface area contributed by atoms with E-state index in [1.807, 2.05) is 32.0 Å². The van der Waals surface area contributed by atoms with Crippen molar-refractivity contribution in [2.24, 2.45) is 0 Å². The average Bonchev–Trinajstić information content (AvgIpc) is 2.78. The predicted molar refractivity (Wildman–Crippen MR) is 76.0 cm³/mol. The Morgan fingerprint density at radius 3 is 2.85 bits per heavy atom. The molecule has 0 spiro atoms. The number of fused-ring (bicyclic) bond motifs is 1. The van der Waals surface area contributed by atoms with Crippen molar-refractivity contribution in [3.05, 3.63) is 58.5 Å². The third-order valence-electron chi connectivity index (χ3n) is 3.80. The first-order chi connectivity index (χ1) is 9.65. The molecule has 1 aromatic carbocycles. The summed E-state index contributed by atoms with van der Waals surface area (Å²) in [6.45, 7) is 4.37. The van der Waals surface area contributed by atoms with E-state index < -0.39 is 0 Å². The van der Waals surface area contributed by atoms with Gasteiger partial charge in [-0.1, -0.05) is 24.3 Å². The zero-order valence-electron chi connectivity index (χ0n) is 11.8. The first kappa shape index (κ1) is 13.1. The number of carbonyl (C=O) groups is 1. The number of carbonyl (C=O) groups excluding carboxylic acids is 1. The molecule has 0 saturated carbocycles. The zero-order chi connectivity index (χ0) is 14.1. The SMILES string of the molecule is Cc1cc(C(=O)CC2OCCc3ccccc32)c(C)o1. The van der Waals surface area contributed by atoms with Gasteiger partial charge in [-0.3, -0.25) is 4.79 Å². The lowest BCUT2D eigenvalue weighted by Crippen LogP contribution is -2.19. The molecule has 0 radical (unpaired) electrons. The van der Waals surface area contributed by atoms with E-state index in [4.69, 9.17) is 9.15 Å². The van der Waals surface area contributed by atoms with Crippen molar-refractivity contribution in [1.29, 1.82) is 0 Å². The quantitative estimate of drug-likeness (QED) is 0.797. The largest absolute Gasteiger partial charge is 0.466 e. The van der Waals surface area contributed by atoms with Crippen LogP contribution in [-0.4, -0.2) is 12.4 Å². The number of benzene rings is 1. The molecule has 1 aromatic heterocycles. The lowest BCUT2D eigenvalue weighted by molar-refractivity contribution is 0.0351. The third kappa shape index (κ3) is 2.41. The van der Waals surface area contributed by atoms with E-state index in [-0.39, 0.29) is 11.9 Å². The van der Waals surface area contributed by atoms with E-state index in [1.165, 1.54) is 5.56 Å². The summed E-state index contributed by atoms with van der Waals surface area (Å²) >= 11 is 0. The Morgan fingerprint density at radius 2 is 2.10 bits per heavy atom. The molecule has 0 aliphatic carbocycles. The van der Waals surface area contributed by atoms with Crippen molar-refractivity contribution in [2.45, 2.75) is 32.8 Å². The van der Waals surface area contributed by atoms with Gasteiger partial charge < -0.3 is 9.15 Å². The summed E-state index contributed by atoms with van der Waals surface area (Å²) in [5.41, 5.74) is 3.11. The van der Waals surface area contributed by atoms with E-state index in [2.05, 4.69) is 12.1 Å². The highest BCUT2D eigenvalue weighted by Crippen LogP contribution is 2.31. The lowest BCUT2D eigenvalue weighted by atomic mass is 9.93. The normalized spacial score (nSPS) is 17.8. The van der Waals surface area contributed by atoms with Crippen molar-refractivity contribution in [2.75, 3.05) is 6.61 Å². The molecule has 0 N–H and O–H groups in total. The molecule has 3 nitrogen and oxygen atoms in total. The van der Waals surface area contributed by atoms with Gasteiger partial charge in [-0.2, -0.15) is 0 Å². The highest BCUT2D eigenvalue weighted by Gasteiger charge is 2.25. The number of furan rings is 1. The van der Waals surface area contributed by atoms with Gasteiger partial charge in [0.2, 0.25) is 0 Å². The standard InChI is InChI=1S/C17H18O3/c1-11-9-15(12(2)20-11)16(18)10-17-14-6-4-3-5-13(14)7-8-19-17/h3-6,9,17H,7-8,10H2,1-2H3. The van der Waals surface area contributed by atoms with E-state index in [9.17, 15) is 4.79 Å². The smallest absolute Gasteiger partial charge is 0.169 e. The first-order valence-corrected chi connectivity index (χ1v) is 6.95. The van der Waals surface area contributed by atoms with Crippen LogP contribution in [-0.2, 0) is 11.2 Å². The molecule has 1 unspecified atom stereocenters. The monoisotopic (exact) mass is 270 g/mol. The Hall–Kier alpha value is -1.87. The Morgan fingerprint density at radius 1 is 1.30 bits per heavy atom. The van der Waals surface area contributed by atoms with Gasteiger partial charge in [0.05, 0.1) is 18.3 Å². The van der Waals surface area contributed by atoms with Crippen LogP contribution < -0.4 is 0 Å². The lowest BCUT2D eigenvalue weighted by Gasteiger charge is -2.25. The average molecular weight is 270 g/mol. The van der Waals surface area contributed by atoms with Gasteiger partial charge in [-0.05, 0) is 37.5 Å².